The van der Waals surface area contributed by atoms with Crippen LogP contribution in [0.5, 0.6) is 0 Å². The fourth-order valence-corrected chi connectivity index (χ4v) is 3.54. The van der Waals surface area contributed by atoms with Crippen LogP contribution >= 0.6 is 0 Å². The summed E-state index contributed by atoms with van der Waals surface area (Å²) in [5, 5.41) is 6.14. The first kappa shape index (κ1) is 15.8. The van der Waals surface area contributed by atoms with Crippen molar-refractivity contribution in [3.8, 4) is 0 Å². The van der Waals surface area contributed by atoms with Crippen LogP contribution in [0.3, 0.4) is 0 Å². The molecule has 124 valence electrons. The van der Waals surface area contributed by atoms with Crippen LogP contribution < -0.4 is 10.6 Å². The zero-order valence-electron chi connectivity index (χ0n) is 13.4. The molecule has 1 fully saturated rings. The van der Waals surface area contributed by atoms with Gasteiger partial charge in [0, 0.05) is 24.9 Å². The maximum absolute atomic E-state index is 12.5. The molecule has 1 saturated carbocycles. The van der Waals surface area contributed by atoms with Crippen molar-refractivity contribution < 1.29 is 18.7 Å². The molecule has 6 heteroatoms. The van der Waals surface area contributed by atoms with Crippen LogP contribution in [0.2, 0.25) is 0 Å². The Morgan fingerprint density at radius 3 is 3.04 bits per heavy atom. The van der Waals surface area contributed by atoms with Crippen molar-refractivity contribution >= 4 is 11.8 Å². The zero-order chi connectivity index (χ0) is 16.4. The van der Waals surface area contributed by atoms with Gasteiger partial charge in [0.25, 0.3) is 0 Å². The minimum atomic E-state index is -0.380. The third-order valence-electron chi connectivity index (χ3n) is 4.66. The number of ketones is 1. The summed E-state index contributed by atoms with van der Waals surface area (Å²) >= 11 is 0. The number of hydrogen-bond donors (Lipinski definition) is 2. The maximum atomic E-state index is 12.5. The van der Waals surface area contributed by atoms with Gasteiger partial charge in [-0.15, -0.1) is 0 Å². The molecule has 1 aromatic heterocycles. The van der Waals surface area contributed by atoms with Gasteiger partial charge in [-0.2, -0.15) is 0 Å². The number of nitrogens with one attached hydrogen (secondary N) is 2. The van der Waals surface area contributed by atoms with Gasteiger partial charge >= 0.3 is 5.97 Å². The first-order valence-corrected chi connectivity index (χ1v) is 7.97. The topological polar surface area (TPSA) is 80.6 Å². The molecule has 0 spiro atoms. The van der Waals surface area contributed by atoms with Crippen molar-refractivity contribution in [2.45, 2.75) is 31.7 Å². The summed E-state index contributed by atoms with van der Waals surface area (Å²) in [6, 6.07) is 3.68. The molecule has 2 N–H and O–H groups in total. The van der Waals surface area contributed by atoms with Gasteiger partial charge < -0.3 is 19.8 Å². The van der Waals surface area contributed by atoms with Crippen molar-refractivity contribution in [3.63, 3.8) is 0 Å². The average Bonchev–Trinajstić information content (AvgIpc) is 3.15. The number of ether oxygens (including phenoxy) is 1. The van der Waals surface area contributed by atoms with Crippen molar-refractivity contribution in [3.05, 3.63) is 35.4 Å². The predicted molar refractivity (Wildman–Crippen MR) is 83.7 cm³/mol. The molecule has 0 aromatic carbocycles. The molecule has 0 amide bonds. The van der Waals surface area contributed by atoms with Crippen LogP contribution in [0, 0.1) is 5.92 Å². The summed E-state index contributed by atoms with van der Waals surface area (Å²) in [5.74, 6) is 0.452. The Bertz CT molecular complexity index is 621. The molecule has 3 rings (SSSR count). The Labute approximate surface area is 135 Å². The highest BCUT2D eigenvalue weighted by Gasteiger charge is 2.45. The van der Waals surface area contributed by atoms with E-state index in [1.165, 1.54) is 0 Å². The van der Waals surface area contributed by atoms with Gasteiger partial charge in [-0.1, -0.05) is 0 Å². The predicted octanol–water partition coefficient (Wildman–Crippen LogP) is 1.35. The Morgan fingerprint density at radius 2 is 2.35 bits per heavy atom. The smallest absolute Gasteiger partial charge is 0.354 e. The van der Waals surface area contributed by atoms with Crippen molar-refractivity contribution in [2.75, 3.05) is 20.2 Å². The molecular formula is C17H22N2O4. The lowest BCUT2D eigenvalue weighted by Crippen LogP contribution is -2.40. The monoisotopic (exact) mass is 318 g/mol. The van der Waals surface area contributed by atoms with Crippen LogP contribution in [0.4, 0.5) is 0 Å². The molecule has 1 aliphatic heterocycles. The van der Waals surface area contributed by atoms with Gasteiger partial charge in [0.2, 0.25) is 0 Å². The highest BCUT2D eigenvalue weighted by atomic mass is 16.5. The van der Waals surface area contributed by atoms with E-state index in [0.29, 0.717) is 25.3 Å². The van der Waals surface area contributed by atoms with Crippen LogP contribution in [0.15, 0.2) is 34.1 Å². The second kappa shape index (κ2) is 6.58. The number of Topliss-reactive ketones (excluding diaryl/α,β-unsaturated/α-hetero) is 1. The number of hydrogen-bond acceptors (Lipinski definition) is 6. The maximum Gasteiger partial charge on any atom is 0.354 e. The molecule has 0 radical (unpaired) electrons. The standard InChI is InChI=1S/C17H22N2O4/c1-10-15-12(19-16(10)17(21)23-7-5-18-2)8-11(9-13(15)20)14-4-3-6-22-14/h3-4,6,11-12,15,18-19H,5,7-9H2,1-2H3. The van der Waals surface area contributed by atoms with Crippen LogP contribution in [0.25, 0.3) is 0 Å². The number of esters is 1. The highest BCUT2D eigenvalue weighted by molar-refractivity contribution is 5.94. The van der Waals surface area contributed by atoms with Crippen LogP contribution in [-0.4, -0.2) is 38.0 Å². The molecular weight excluding hydrogens is 296 g/mol. The molecule has 6 nitrogen and oxygen atoms in total. The second-order valence-electron chi connectivity index (χ2n) is 6.14. The zero-order valence-corrected chi connectivity index (χ0v) is 13.4. The fourth-order valence-electron chi connectivity index (χ4n) is 3.54. The summed E-state index contributed by atoms with van der Waals surface area (Å²) in [5.41, 5.74) is 1.25. The third kappa shape index (κ3) is 3.03. The first-order valence-electron chi connectivity index (χ1n) is 7.97. The normalized spacial score (nSPS) is 26.9. The Balaban J connectivity index is 1.71. The van der Waals surface area contributed by atoms with Gasteiger partial charge in [-0.3, -0.25) is 4.79 Å². The van der Waals surface area contributed by atoms with Gasteiger partial charge in [0.15, 0.2) is 0 Å². The molecule has 3 unspecified atom stereocenters. The summed E-state index contributed by atoms with van der Waals surface area (Å²) in [6.45, 7) is 2.76. The van der Waals surface area contributed by atoms with Gasteiger partial charge in [0.05, 0.1) is 12.2 Å². The van der Waals surface area contributed by atoms with Gasteiger partial charge in [0.1, 0.15) is 23.8 Å². The quantitative estimate of drug-likeness (QED) is 0.630. The molecule has 2 aliphatic rings. The van der Waals surface area contributed by atoms with E-state index in [0.717, 1.165) is 17.8 Å². The Kier molecular flexibility index (Phi) is 4.52. The van der Waals surface area contributed by atoms with Crippen molar-refractivity contribution in [1.29, 1.82) is 0 Å². The van der Waals surface area contributed by atoms with E-state index >= 15 is 0 Å². The summed E-state index contributed by atoms with van der Waals surface area (Å²) < 4.78 is 10.7. The summed E-state index contributed by atoms with van der Waals surface area (Å²) in [7, 11) is 1.80. The lowest BCUT2D eigenvalue weighted by Gasteiger charge is -2.30. The van der Waals surface area contributed by atoms with E-state index in [1.807, 2.05) is 19.1 Å². The molecule has 0 saturated heterocycles. The molecule has 2 heterocycles. The van der Waals surface area contributed by atoms with E-state index < -0.39 is 0 Å². The fraction of sp³-hybridized carbons (Fsp3) is 0.529. The number of furan rings is 1. The van der Waals surface area contributed by atoms with Crippen molar-refractivity contribution in [2.24, 2.45) is 5.92 Å². The Hall–Kier alpha value is -2.08. The number of likely N-dealkylation sites (N-methyl/N-ethyl adjacent to an activating group) is 1. The van der Waals surface area contributed by atoms with Crippen LogP contribution in [0.1, 0.15) is 31.4 Å². The van der Waals surface area contributed by atoms with E-state index in [9.17, 15) is 9.59 Å². The van der Waals surface area contributed by atoms with E-state index in [1.54, 1.807) is 13.3 Å². The third-order valence-corrected chi connectivity index (χ3v) is 4.66. The summed E-state index contributed by atoms with van der Waals surface area (Å²) in [6.07, 6.45) is 2.85. The number of rotatable bonds is 5. The minimum absolute atomic E-state index is 0.0572. The number of carbonyl (C=O) groups excluding carboxylic acids is 2. The lowest BCUT2D eigenvalue weighted by atomic mass is 9.75. The SMILES string of the molecule is CNCCOC(=O)C1=C(C)C2C(=O)CC(c3ccco3)CC2N1. The van der Waals surface area contributed by atoms with E-state index in [2.05, 4.69) is 10.6 Å². The Morgan fingerprint density at radius 1 is 1.52 bits per heavy atom. The second-order valence-corrected chi connectivity index (χ2v) is 6.14. The minimum Gasteiger partial charge on any atom is -0.469 e. The van der Waals surface area contributed by atoms with Crippen molar-refractivity contribution in [1.82, 2.24) is 10.6 Å². The van der Waals surface area contributed by atoms with Gasteiger partial charge in [-0.25, -0.2) is 4.79 Å². The largest absolute Gasteiger partial charge is 0.469 e. The highest BCUT2D eigenvalue weighted by Crippen LogP contribution is 2.41. The van der Waals surface area contributed by atoms with Gasteiger partial charge in [-0.05, 0) is 38.1 Å². The molecule has 0 bridgehead atoms. The average molecular weight is 318 g/mol. The first-order chi connectivity index (χ1) is 11.1. The molecule has 1 aromatic rings. The van der Waals surface area contributed by atoms with E-state index in [4.69, 9.17) is 9.15 Å². The number of fused-ring (bicyclic) bond motifs is 1. The summed E-state index contributed by atoms with van der Waals surface area (Å²) in [4.78, 5) is 24.7. The molecule has 3 atom stereocenters. The van der Waals surface area contributed by atoms with Crippen LogP contribution in [-0.2, 0) is 14.3 Å². The number of carbonyl (C=O) groups is 2. The molecule has 23 heavy (non-hydrogen) atoms. The lowest BCUT2D eigenvalue weighted by molar-refractivity contribution is -0.139. The molecule has 1 aliphatic carbocycles. The van der Waals surface area contributed by atoms with E-state index in [-0.39, 0.29) is 29.6 Å².